The van der Waals surface area contributed by atoms with Gasteiger partial charge in [-0.1, -0.05) is 23.7 Å². The molecule has 13 heteroatoms. The number of methoxy groups -OCH3 is 1. The summed E-state index contributed by atoms with van der Waals surface area (Å²) in [6.45, 7) is -0.372. The third kappa shape index (κ3) is 5.41. The molecule has 0 fully saturated rings. The van der Waals surface area contributed by atoms with Crippen LogP contribution in [-0.2, 0) is 31.1 Å². The van der Waals surface area contributed by atoms with Gasteiger partial charge in [-0.3, -0.25) is 13.9 Å². The molecule has 4 rings (SSSR count). The first-order valence-electron chi connectivity index (χ1n) is 10.8. The second-order valence-corrected chi connectivity index (χ2v) is 12.4. The van der Waals surface area contributed by atoms with E-state index in [2.05, 4.69) is 5.32 Å². The lowest BCUT2D eigenvalue weighted by Crippen LogP contribution is -2.40. The number of carbonyl (C=O) groups excluding carboxylic acids is 1. The Balaban J connectivity index is 1.72. The number of aliphatic carboxylic acids is 1. The summed E-state index contributed by atoms with van der Waals surface area (Å²) in [5, 5.41) is 11.7. The van der Waals surface area contributed by atoms with Crippen molar-refractivity contribution in [3.8, 4) is 5.75 Å². The Kier molecular flexibility index (Phi) is 7.18. The highest BCUT2D eigenvalue weighted by atomic mass is 35.5. The molecule has 2 N–H and O–H groups in total. The number of hydrogen-bond donors (Lipinski definition) is 2. The van der Waals surface area contributed by atoms with Gasteiger partial charge in [0.05, 0.1) is 29.9 Å². The van der Waals surface area contributed by atoms with E-state index in [-0.39, 0.29) is 44.8 Å². The molecule has 0 unspecified atom stereocenters. The molecule has 1 aliphatic heterocycles. The number of anilines is 2. The van der Waals surface area contributed by atoms with Crippen LogP contribution in [0.3, 0.4) is 0 Å². The molecule has 1 aliphatic rings. The summed E-state index contributed by atoms with van der Waals surface area (Å²) in [4.78, 5) is 23.3. The third-order valence-electron chi connectivity index (χ3n) is 5.65. The summed E-state index contributed by atoms with van der Waals surface area (Å²) in [5.41, 5.74) is 0.765. The average molecular weight is 565 g/mol. The average Bonchev–Trinajstić information content (AvgIpc) is 2.84. The molecule has 0 saturated carbocycles. The maximum absolute atomic E-state index is 13.6. The van der Waals surface area contributed by atoms with E-state index in [1.54, 1.807) is 12.1 Å². The van der Waals surface area contributed by atoms with Gasteiger partial charge in [-0.2, -0.15) is 0 Å². The summed E-state index contributed by atoms with van der Waals surface area (Å²) in [7, 11) is -6.83. The van der Waals surface area contributed by atoms with Gasteiger partial charge in [0.15, 0.2) is 9.84 Å². The van der Waals surface area contributed by atoms with Crippen molar-refractivity contribution in [1.29, 1.82) is 0 Å². The van der Waals surface area contributed by atoms with Crippen molar-refractivity contribution in [3.05, 3.63) is 76.8 Å². The molecule has 0 saturated heterocycles. The van der Waals surface area contributed by atoms with E-state index in [9.17, 15) is 26.4 Å². The number of sulfonamides is 1. The van der Waals surface area contributed by atoms with Crippen molar-refractivity contribution in [2.45, 2.75) is 16.2 Å². The quantitative estimate of drug-likeness (QED) is 0.444. The van der Waals surface area contributed by atoms with E-state index in [0.29, 0.717) is 11.3 Å². The van der Waals surface area contributed by atoms with Crippen LogP contribution in [0.2, 0.25) is 5.02 Å². The van der Waals surface area contributed by atoms with Gasteiger partial charge in [-0.15, -0.1) is 0 Å². The monoisotopic (exact) mass is 564 g/mol. The predicted molar refractivity (Wildman–Crippen MR) is 137 cm³/mol. The molecular weight excluding hydrogens is 544 g/mol. The maximum atomic E-state index is 13.6. The molecule has 3 aromatic rings. The Morgan fingerprint density at radius 2 is 1.78 bits per heavy atom. The molecule has 37 heavy (non-hydrogen) atoms. The molecular formula is C24H21ClN2O8S2. The van der Waals surface area contributed by atoms with E-state index in [4.69, 9.17) is 21.4 Å². The third-order valence-corrected chi connectivity index (χ3v) is 9.45. The number of benzene rings is 3. The molecule has 1 heterocycles. The lowest BCUT2D eigenvalue weighted by Gasteiger charge is -2.31. The fraction of sp³-hybridized carbons (Fsp3) is 0.167. The number of ether oxygens (including phenoxy) is 1. The SMILES string of the molecule is COc1ccc(Cl)cc1S(=O)(=O)N1CCS(=O)(=O)c2ccc(C(=O)Nc3ccc(CC(=O)O)cc3)cc21. The predicted octanol–water partition coefficient (Wildman–Crippen LogP) is 3.21. The highest BCUT2D eigenvalue weighted by molar-refractivity contribution is 7.94. The molecule has 0 radical (unpaired) electrons. The number of nitrogens with one attached hydrogen (secondary N) is 1. The van der Waals surface area contributed by atoms with Crippen LogP contribution in [0.25, 0.3) is 0 Å². The van der Waals surface area contributed by atoms with Gasteiger partial charge in [0.1, 0.15) is 10.6 Å². The summed E-state index contributed by atoms with van der Waals surface area (Å²) >= 11 is 6.03. The summed E-state index contributed by atoms with van der Waals surface area (Å²) in [6, 6.07) is 13.9. The zero-order valence-corrected chi connectivity index (χ0v) is 21.7. The van der Waals surface area contributed by atoms with E-state index < -0.39 is 37.5 Å². The van der Waals surface area contributed by atoms with Crippen LogP contribution in [0.15, 0.2) is 70.5 Å². The van der Waals surface area contributed by atoms with Crippen LogP contribution in [0, 0.1) is 0 Å². The number of carboxylic acids is 1. The van der Waals surface area contributed by atoms with Gasteiger partial charge in [0, 0.05) is 22.8 Å². The first-order valence-corrected chi connectivity index (χ1v) is 14.2. The van der Waals surface area contributed by atoms with E-state index >= 15 is 0 Å². The van der Waals surface area contributed by atoms with E-state index in [0.717, 1.165) is 4.31 Å². The van der Waals surface area contributed by atoms with Gasteiger partial charge < -0.3 is 15.2 Å². The molecule has 0 atom stereocenters. The number of carbonyl (C=O) groups is 2. The Bertz CT molecular complexity index is 1600. The largest absolute Gasteiger partial charge is 0.495 e. The van der Waals surface area contributed by atoms with E-state index in [1.165, 1.54) is 55.6 Å². The lowest BCUT2D eigenvalue weighted by atomic mass is 10.1. The van der Waals surface area contributed by atoms with Crippen molar-refractivity contribution in [1.82, 2.24) is 0 Å². The smallest absolute Gasteiger partial charge is 0.307 e. The number of amides is 1. The second kappa shape index (κ2) is 10.0. The summed E-state index contributed by atoms with van der Waals surface area (Å²) < 4.78 is 58.8. The highest BCUT2D eigenvalue weighted by Gasteiger charge is 2.37. The molecule has 0 aliphatic carbocycles. The standard InChI is InChI=1S/C24H21ClN2O8S2/c1-35-20-8-5-17(25)14-22(20)37(33,34)27-10-11-36(31,32)21-9-4-16(13-19(21)27)24(30)26-18-6-2-15(3-7-18)12-23(28)29/h2-9,13-14H,10-12H2,1H3,(H,26,30)(H,28,29). The first-order chi connectivity index (χ1) is 17.4. The number of hydrogen-bond acceptors (Lipinski definition) is 7. The minimum Gasteiger partial charge on any atom is -0.495 e. The zero-order chi connectivity index (χ0) is 27.0. The summed E-state index contributed by atoms with van der Waals surface area (Å²) in [6.07, 6.45) is -0.171. The van der Waals surface area contributed by atoms with E-state index in [1.807, 2.05) is 0 Å². The van der Waals surface area contributed by atoms with Crippen molar-refractivity contribution in [2.75, 3.05) is 29.0 Å². The topological polar surface area (TPSA) is 147 Å². The van der Waals surface area contributed by atoms with Crippen LogP contribution in [0.4, 0.5) is 11.4 Å². The van der Waals surface area contributed by atoms with Crippen LogP contribution >= 0.6 is 11.6 Å². The second-order valence-electron chi connectivity index (χ2n) is 8.10. The van der Waals surface area contributed by atoms with Gasteiger partial charge in [0.25, 0.3) is 15.9 Å². The number of carboxylic acid groups (broad SMARTS) is 1. The van der Waals surface area contributed by atoms with Crippen LogP contribution in [0.5, 0.6) is 5.75 Å². The van der Waals surface area contributed by atoms with Gasteiger partial charge >= 0.3 is 5.97 Å². The number of rotatable bonds is 7. The Morgan fingerprint density at radius 3 is 2.43 bits per heavy atom. The van der Waals surface area contributed by atoms with Crippen LogP contribution in [0.1, 0.15) is 15.9 Å². The first kappa shape index (κ1) is 26.5. The molecule has 1 amide bonds. The van der Waals surface area contributed by atoms with Crippen LogP contribution < -0.4 is 14.4 Å². The molecule has 194 valence electrons. The lowest BCUT2D eigenvalue weighted by molar-refractivity contribution is -0.136. The number of halogens is 1. The Morgan fingerprint density at radius 1 is 1.08 bits per heavy atom. The fourth-order valence-corrected chi connectivity index (χ4v) is 7.33. The van der Waals surface area contributed by atoms with Crippen molar-refractivity contribution < 1.29 is 36.3 Å². The molecule has 0 aromatic heterocycles. The number of nitrogens with zero attached hydrogens (tertiary/aromatic N) is 1. The highest BCUT2D eigenvalue weighted by Crippen LogP contribution is 2.38. The van der Waals surface area contributed by atoms with Gasteiger partial charge in [0.2, 0.25) is 0 Å². The zero-order valence-electron chi connectivity index (χ0n) is 19.3. The molecule has 0 bridgehead atoms. The normalized spacial score (nSPS) is 14.5. The van der Waals surface area contributed by atoms with Crippen molar-refractivity contribution in [2.24, 2.45) is 0 Å². The minimum absolute atomic E-state index is 0.0173. The Hall–Kier alpha value is -3.61. The minimum atomic E-state index is -4.33. The number of sulfone groups is 1. The summed E-state index contributed by atoms with van der Waals surface area (Å²) in [5.74, 6) is -2.03. The van der Waals surface area contributed by atoms with Gasteiger partial charge in [-0.05, 0) is 54.1 Å². The van der Waals surface area contributed by atoms with Crippen molar-refractivity contribution in [3.63, 3.8) is 0 Å². The van der Waals surface area contributed by atoms with Crippen LogP contribution in [-0.4, -0.2) is 53.2 Å². The van der Waals surface area contributed by atoms with Crippen molar-refractivity contribution >= 4 is 54.7 Å². The van der Waals surface area contributed by atoms with Gasteiger partial charge in [-0.25, -0.2) is 16.8 Å². The molecule has 10 nitrogen and oxygen atoms in total. The Labute approximate surface area is 218 Å². The fourth-order valence-electron chi connectivity index (χ4n) is 3.85. The maximum Gasteiger partial charge on any atom is 0.307 e. The molecule has 0 spiro atoms. The molecule has 3 aromatic carbocycles. The number of fused-ring (bicyclic) bond motifs is 1.